The Morgan fingerprint density at radius 1 is 1.41 bits per heavy atom. The Labute approximate surface area is 99.2 Å². The molecule has 4 nitrogen and oxygen atoms in total. The van der Waals surface area contributed by atoms with E-state index < -0.39 is 17.5 Å². The van der Waals surface area contributed by atoms with Crippen LogP contribution in [0.2, 0.25) is 0 Å². The molecule has 0 saturated carbocycles. The molecule has 0 fully saturated rings. The number of ether oxygens (including phenoxy) is 1. The number of cyclic esters (lactones) is 1. The number of esters is 1. The number of aliphatic carboxylic acids is 1. The highest BCUT2D eigenvalue weighted by Crippen LogP contribution is 2.31. The maximum atomic E-state index is 11.9. The van der Waals surface area contributed by atoms with E-state index in [2.05, 4.69) is 0 Å². The Balaban J connectivity index is 2.57. The molecule has 0 radical (unpaired) electrons. The zero-order valence-electron chi connectivity index (χ0n) is 10.0. The van der Waals surface area contributed by atoms with Gasteiger partial charge < -0.3 is 9.84 Å². The van der Waals surface area contributed by atoms with Gasteiger partial charge in [-0.15, -0.1) is 0 Å². The number of fused-ring (bicyclic) bond motifs is 1. The Morgan fingerprint density at radius 3 is 2.65 bits per heavy atom. The molecule has 0 saturated heterocycles. The van der Waals surface area contributed by atoms with Crippen LogP contribution in [0.15, 0.2) is 12.1 Å². The van der Waals surface area contributed by atoms with E-state index in [0.717, 1.165) is 16.7 Å². The van der Waals surface area contributed by atoms with E-state index in [0.29, 0.717) is 5.56 Å². The van der Waals surface area contributed by atoms with Gasteiger partial charge >= 0.3 is 11.9 Å². The van der Waals surface area contributed by atoms with Crippen molar-refractivity contribution in [1.82, 2.24) is 0 Å². The molecule has 0 aromatic heterocycles. The summed E-state index contributed by atoms with van der Waals surface area (Å²) < 4.78 is 5.04. The zero-order chi connectivity index (χ0) is 12.8. The average molecular weight is 234 g/mol. The fourth-order valence-electron chi connectivity index (χ4n) is 2.26. The van der Waals surface area contributed by atoms with E-state index in [9.17, 15) is 9.59 Å². The molecule has 1 aromatic carbocycles. The molecule has 1 aliphatic rings. The number of rotatable bonds is 1. The Hall–Kier alpha value is -1.84. The summed E-state index contributed by atoms with van der Waals surface area (Å²) in [7, 11) is 0. The van der Waals surface area contributed by atoms with Crippen molar-refractivity contribution in [1.29, 1.82) is 0 Å². The van der Waals surface area contributed by atoms with Crippen molar-refractivity contribution in [3.05, 3.63) is 34.4 Å². The van der Waals surface area contributed by atoms with E-state index in [1.807, 2.05) is 26.0 Å². The van der Waals surface area contributed by atoms with Crippen LogP contribution >= 0.6 is 0 Å². The van der Waals surface area contributed by atoms with Gasteiger partial charge in [0.1, 0.15) is 0 Å². The zero-order valence-corrected chi connectivity index (χ0v) is 10.0. The fourth-order valence-corrected chi connectivity index (χ4v) is 2.26. The van der Waals surface area contributed by atoms with Crippen LogP contribution in [0.3, 0.4) is 0 Å². The Bertz CT molecular complexity index is 518. The molecule has 1 N–H and O–H groups in total. The maximum Gasteiger partial charge on any atom is 0.348 e. The van der Waals surface area contributed by atoms with Gasteiger partial charge in [0.25, 0.3) is 0 Å². The summed E-state index contributed by atoms with van der Waals surface area (Å²) in [4.78, 5) is 23.0. The average Bonchev–Trinajstić information content (AvgIpc) is 2.14. The van der Waals surface area contributed by atoms with Crippen LogP contribution in [0.5, 0.6) is 0 Å². The quantitative estimate of drug-likeness (QED) is 0.753. The van der Waals surface area contributed by atoms with Crippen LogP contribution in [0, 0.1) is 13.8 Å². The van der Waals surface area contributed by atoms with Crippen LogP contribution < -0.4 is 0 Å². The summed E-state index contributed by atoms with van der Waals surface area (Å²) in [5.74, 6) is -1.66. The molecule has 1 aromatic rings. The summed E-state index contributed by atoms with van der Waals surface area (Å²) >= 11 is 0. The second-order valence-electron chi connectivity index (χ2n) is 4.72. The fraction of sp³-hybridized carbons (Fsp3) is 0.385. The van der Waals surface area contributed by atoms with Gasteiger partial charge in [-0.1, -0.05) is 17.7 Å². The third kappa shape index (κ3) is 1.79. The normalized spacial score (nSPS) is 22.9. The first-order valence-electron chi connectivity index (χ1n) is 5.40. The van der Waals surface area contributed by atoms with Gasteiger partial charge in [0, 0.05) is 6.42 Å². The molecule has 1 atom stereocenters. The van der Waals surface area contributed by atoms with Crippen molar-refractivity contribution < 1.29 is 19.4 Å². The Kier molecular flexibility index (Phi) is 2.45. The van der Waals surface area contributed by atoms with Crippen molar-refractivity contribution >= 4 is 11.9 Å². The van der Waals surface area contributed by atoms with Crippen LogP contribution in [-0.4, -0.2) is 22.6 Å². The van der Waals surface area contributed by atoms with E-state index in [-0.39, 0.29) is 6.42 Å². The monoisotopic (exact) mass is 234 g/mol. The van der Waals surface area contributed by atoms with Crippen molar-refractivity contribution in [2.45, 2.75) is 32.8 Å². The summed E-state index contributed by atoms with van der Waals surface area (Å²) in [5, 5.41) is 9.10. The predicted molar refractivity (Wildman–Crippen MR) is 61.1 cm³/mol. The second kappa shape index (κ2) is 3.58. The molecule has 0 bridgehead atoms. The summed E-state index contributed by atoms with van der Waals surface area (Å²) in [6.07, 6.45) is 0.214. The third-order valence-electron chi connectivity index (χ3n) is 3.06. The molecule has 4 heteroatoms. The molecular formula is C13H14O4. The highest BCUT2D eigenvalue weighted by molar-refractivity contribution is 5.97. The predicted octanol–water partition coefficient (Wildman–Crippen LogP) is 1.86. The molecule has 1 heterocycles. The van der Waals surface area contributed by atoms with Gasteiger partial charge in [0.15, 0.2) is 0 Å². The minimum atomic E-state index is -1.45. The van der Waals surface area contributed by atoms with Crippen LogP contribution in [0.25, 0.3) is 0 Å². The molecule has 17 heavy (non-hydrogen) atoms. The van der Waals surface area contributed by atoms with E-state index in [1.54, 1.807) is 0 Å². The van der Waals surface area contributed by atoms with Gasteiger partial charge in [0.2, 0.25) is 5.60 Å². The first-order chi connectivity index (χ1) is 7.83. The van der Waals surface area contributed by atoms with Gasteiger partial charge in [0.05, 0.1) is 5.56 Å². The molecule has 0 amide bonds. The van der Waals surface area contributed by atoms with E-state index >= 15 is 0 Å². The molecule has 90 valence electrons. The van der Waals surface area contributed by atoms with Crippen LogP contribution in [0.4, 0.5) is 0 Å². The summed E-state index contributed by atoms with van der Waals surface area (Å²) in [6, 6.07) is 3.74. The number of benzene rings is 1. The van der Waals surface area contributed by atoms with Crippen molar-refractivity contribution in [3.8, 4) is 0 Å². The van der Waals surface area contributed by atoms with Crippen molar-refractivity contribution in [3.63, 3.8) is 0 Å². The highest BCUT2D eigenvalue weighted by atomic mass is 16.6. The largest absolute Gasteiger partial charge is 0.478 e. The summed E-state index contributed by atoms with van der Waals surface area (Å²) in [5.41, 5.74) is 1.66. The smallest absolute Gasteiger partial charge is 0.348 e. The first-order valence-corrected chi connectivity index (χ1v) is 5.40. The van der Waals surface area contributed by atoms with Gasteiger partial charge in [-0.3, -0.25) is 0 Å². The lowest BCUT2D eigenvalue weighted by molar-refractivity contribution is -0.158. The molecule has 1 unspecified atom stereocenters. The maximum absolute atomic E-state index is 11.9. The highest BCUT2D eigenvalue weighted by Gasteiger charge is 2.43. The number of carboxylic acids is 1. The lowest BCUT2D eigenvalue weighted by Gasteiger charge is -2.31. The molecule has 0 spiro atoms. The number of carboxylic acid groups (broad SMARTS) is 1. The summed E-state index contributed by atoms with van der Waals surface area (Å²) in [6.45, 7) is 5.18. The minimum absolute atomic E-state index is 0.214. The van der Waals surface area contributed by atoms with E-state index in [1.165, 1.54) is 6.92 Å². The first kappa shape index (κ1) is 11.6. The number of aryl methyl sites for hydroxylation is 2. The molecule has 0 aliphatic carbocycles. The van der Waals surface area contributed by atoms with Crippen LogP contribution in [-0.2, 0) is 16.0 Å². The lowest BCUT2D eigenvalue weighted by Crippen LogP contribution is -2.46. The van der Waals surface area contributed by atoms with E-state index in [4.69, 9.17) is 9.84 Å². The number of hydrogen-bond donors (Lipinski definition) is 1. The number of hydrogen-bond acceptors (Lipinski definition) is 3. The molecule has 2 rings (SSSR count). The molecular weight excluding hydrogens is 220 g/mol. The van der Waals surface area contributed by atoms with Crippen molar-refractivity contribution in [2.24, 2.45) is 0 Å². The third-order valence-corrected chi connectivity index (χ3v) is 3.06. The van der Waals surface area contributed by atoms with Gasteiger partial charge in [-0.2, -0.15) is 0 Å². The SMILES string of the molecule is Cc1cc(C)c2c(c1)CC(C)(C(=O)O)OC2=O. The van der Waals surface area contributed by atoms with Crippen LogP contribution in [0.1, 0.15) is 34.0 Å². The minimum Gasteiger partial charge on any atom is -0.478 e. The Morgan fingerprint density at radius 2 is 2.06 bits per heavy atom. The van der Waals surface area contributed by atoms with Gasteiger partial charge in [-0.25, -0.2) is 9.59 Å². The number of carbonyl (C=O) groups excluding carboxylic acids is 1. The number of carbonyl (C=O) groups is 2. The standard InChI is InChI=1S/C13H14O4/c1-7-4-8(2)10-9(5-7)6-13(3,12(15)16)17-11(10)14/h4-5H,6H2,1-3H3,(H,15,16). The molecule has 1 aliphatic heterocycles. The lowest BCUT2D eigenvalue weighted by atomic mass is 9.87. The second-order valence-corrected chi connectivity index (χ2v) is 4.72. The van der Waals surface area contributed by atoms with Crippen molar-refractivity contribution in [2.75, 3.05) is 0 Å². The topological polar surface area (TPSA) is 63.6 Å². The van der Waals surface area contributed by atoms with Gasteiger partial charge in [-0.05, 0) is 31.9 Å².